The normalized spacial score (nSPS) is 16.1. The largest absolute Gasteiger partial charge is 0.342 e. The van der Waals surface area contributed by atoms with Crippen LogP contribution in [0.3, 0.4) is 0 Å². The Morgan fingerprint density at radius 2 is 1.90 bits per heavy atom. The third kappa shape index (κ3) is 3.72. The topological polar surface area (TPSA) is 38.1 Å². The molecule has 0 saturated carbocycles. The van der Waals surface area contributed by atoms with Gasteiger partial charge in [0.15, 0.2) is 0 Å². The molecular weight excluding hydrogens is 262 g/mol. The number of nitrogens with zero attached hydrogens (tertiary/aromatic N) is 3. The highest BCUT2D eigenvalue weighted by atomic mass is 16.2. The maximum absolute atomic E-state index is 12.3. The number of aromatic nitrogens is 2. The van der Waals surface area contributed by atoms with E-state index >= 15 is 0 Å². The van der Waals surface area contributed by atoms with Crippen molar-refractivity contribution in [1.82, 2.24) is 14.7 Å². The summed E-state index contributed by atoms with van der Waals surface area (Å²) in [6.45, 7) is 2.71. The van der Waals surface area contributed by atoms with Crippen molar-refractivity contribution in [2.45, 2.75) is 25.8 Å². The smallest absolute Gasteiger partial charge is 0.226 e. The molecule has 0 unspecified atom stereocenters. The highest BCUT2D eigenvalue weighted by Crippen LogP contribution is 2.19. The molecule has 110 valence electrons. The van der Waals surface area contributed by atoms with E-state index in [1.165, 1.54) is 0 Å². The highest BCUT2D eigenvalue weighted by Gasteiger charge is 2.23. The van der Waals surface area contributed by atoms with Crippen molar-refractivity contribution in [2.75, 3.05) is 13.1 Å². The van der Waals surface area contributed by atoms with Gasteiger partial charge >= 0.3 is 0 Å². The Kier molecular flexibility index (Phi) is 4.34. The molecule has 1 saturated heterocycles. The van der Waals surface area contributed by atoms with Crippen LogP contribution < -0.4 is 0 Å². The lowest BCUT2D eigenvalue weighted by Gasteiger charge is -2.32. The first kappa shape index (κ1) is 13.9. The number of amides is 1. The monoisotopic (exact) mass is 283 g/mol. The number of hydrogen-bond donors (Lipinski definition) is 0. The maximum atomic E-state index is 12.3. The Labute approximate surface area is 125 Å². The summed E-state index contributed by atoms with van der Waals surface area (Å²) in [5.74, 6) is 0.879. The molecule has 1 aliphatic rings. The van der Waals surface area contributed by atoms with Crippen LogP contribution in [0.4, 0.5) is 0 Å². The number of piperidine rings is 1. The Bertz CT molecular complexity index is 557. The van der Waals surface area contributed by atoms with E-state index in [-0.39, 0.29) is 5.91 Å². The van der Waals surface area contributed by atoms with Gasteiger partial charge in [0.1, 0.15) is 0 Å². The van der Waals surface area contributed by atoms with Crippen LogP contribution in [0.1, 0.15) is 18.4 Å². The summed E-state index contributed by atoms with van der Waals surface area (Å²) >= 11 is 0. The summed E-state index contributed by atoms with van der Waals surface area (Å²) in [7, 11) is 0. The summed E-state index contributed by atoms with van der Waals surface area (Å²) in [5.41, 5.74) is 1.10. The molecule has 2 aromatic rings. The van der Waals surface area contributed by atoms with Crippen molar-refractivity contribution in [3.05, 3.63) is 54.4 Å². The van der Waals surface area contributed by atoms with Gasteiger partial charge in [-0.05, 0) is 30.4 Å². The van der Waals surface area contributed by atoms with Crippen molar-refractivity contribution < 1.29 is 4.79 Å². The second-order valence-corrected chi connectivity index (χ2v) is 5.71. The number of likely N-dealkylation sites (tertiary alicyclic amines) is 1. The average molecular weight is 283 g/mol. The quantitative estimate of drug-likeness (QED) is 0.864. The molecule has 0 bridgehead atoms. The van der Waals surface area contributed by atoms with Gasteiger partial charge in [-0.1, -0.05) is 30.3 Å². The van der Waals surface area contributed by atoms with E-state index in [4.69, 9.17) is 0 Å². The molecule has 3 rings (SSSR count). The molecule has 1 amide bonds. The third-order valence-corrected chi connectivity index (χ3v) is 4.17. The van der Waals surface area contributed by atoms with E-state index < -0.39 is 0 Å². The highest BCUT2D eigenvalue weighted by molar-refractivity contribution is 5.78. The van der Waals surface area contributed by atoms with Crippen LogP contribution in [-0.2, 0) is 17.8 Å². The zero-order valence-corrected chi connectivity index (χ0v) is 12.2. The van der Waals surface area contributed by atoms with Crippen molar-refractivity contribution in [3.63, 3.8) is 0 Å². The molecule has 21 heavy (non-hydrogen) atoms. The zero-order chi connectivity index (χ0) is 14.5. The van der Waals surface area contributed by atoms with Gasteiger partial charge in [-0.3, -0.25) is 9.48 Å². The lowest BCUT2D eigenvalue weighted by molar-refractivity contribution is -0.131. The first-order chi connectivity index (χ1) is 10.3. The fourth-order valence-electron chi connectivity index (χ4n) is 2.92. The Hall–Kier alpha value is -2.10. The molecule has 0 spiro atoms. The lowest BCUT2D eigenvalue weighted by atomic mass is 9.96. The van der Waals surface area contributed by atoms with Crippen LogP contribution in [0.2, 0.25) is 0 Å². The first-order valence-electron chi connectivity index (χ1n) is 7.60. The van der Waals surface area contributed by atoms with Crippen LogP contribution >= 0.6 is 0 Å². The molecule has 1 aromatic heterocycles. The van der Waals surface area contributed by atoms with Gasteiger partial charge in [-0.15, -0.1) is 0 Å². The van der Waals surface area contributed by atoms with E-state index in [0.29, 0.717) is 12.3 Å². The van der Waals surface area contributed by atoms with Gasteiger partial charge in [0, 0.05) is 32.0 Å². The second-order valence-electron chi connectivity index (χ2n) is 5.71. The van der Waals surface area contributed by atoms with Gasteiger partial charge in [-0.2, -0.15) is 5.10 Å². The van der Waals surface area contributed by atoms with Crippen LogP contribution in [0.25, 0.3) is 0 Å². The zero-order valence-electron chi connectivity index (χ0n) is 12.2. The van der Waals surface area contributed by atoms with E-state index in [1.54, 1.807) is 0 Å². The summed E-state index contributed by atoms with van der Waals surface area (Å²) in [6.07, 6.45) is 6.48. The predicted octanol–water partition coefficient (Wildman–Crippen LogP) is 2.36. The average Bonchev–Trinajstić information content (AvgIpc) is 3.02. The lowest BCUT2D eigenvalue weighted by Crippen LogP contribution is -2.40. The SMILES string of the molecule is O=C(Cc1ccccc1)N1CCC(Cn2cccn2)CC1. The number of carbonyl (C=O) groups excluding carboxylic acids is 1. The molecule has 1 fully saturated rings. The third-order valence-electron chi connectivity index (χ3n) is 4.17. The molecule has 4 heteroatoms. The molecule has 1 aromatic carbocycles. The first-order valence-corrected chi connectivity index (χ1v) is 7.60. The van der Waals surface area contributed by atoms with Crippen molar-refractivity contribution >= 4 is 5.91 Å². The summed E-state index contributed by atoms with van der Waals surface area (Å²) < 4.78 is 1.99. The minimum absolute atomic E-state index is 0.249. The minimum Gasteiger partial charge on any atom is -0.342 e. The molecule has 0 radical (unpaired) electrons. The molecule has 0 N–H and O–H groups in total. The van der Waals surface area contributed by atoms with Crippen LogP contribution in [0, 0.1) is 5.92 Å². The molecule has 4 nitrogen and oxygen atoms in total. The van der Waals surface area contributed by atoms with Crippen molar-refractivity contribution in [3.8, 4) is 0 Å². The van der Waals surface area contributed by atoms with Crippen LogP contribution in [0.5, 0.6) is 0 Å². The molecular formula is C17H21N3O. The number of carbonyl (C=O) groups is 1. The van der Waals surface area contributed by atoms with E-state index in [1.807, 2.05) is 58.4 Å². The standard InChI is InChI=1S/C17H21N3O/c21-17(13-15-5-2-1-3-6-15)19-11-7-16(8-12-19)14-20-10-4-9-18-20/h1-6,9-10,16H,7-8,11-14H2. The fourth-order valence-corrected chi connectivity index (χ4v) is 2.92. The molecule has 2 heterocycles. The van der Waals surface area contributed by atoms with Crippen molar-refractivity contribution in [1.29, 1.82) is 0 Å². The predicted molar refractivity (Wildman–Crippen MR) is 81.7 cm³/mol. The molecule has 0 atom stereocenters. The van der Waals surface area contributed by atoms with Crippen LogP contribution in [0.15, 0.2) is 48.8 Å². The van der Waals surface area contributed by atoms with E-state index in [2.05, 4.69) is 5.10 Å². The second kappa shape index (κ2) is 6.57. The number of benzene rings is 1. The van der Waals surface area contributed by atoms with Gasteiger partial charge < -0.3 is 4.90 Å². The maximum Gasteiger partial charge on any atom is 0.226 e. The molecule has 1 aliphatic heterocycles. The van der Waals surface area contributed by atoms with Gasteiger partial charge in [0.25, 0.3) is 0 Å². The fraction of sp³-hybridized carbons (Fsp3) is 0.412. The summed E-state index contributed by atoms with van der Waals surface area (Å²) in [6, 6.07) is 11.9. The van der Waals surface area contributed by atoms with Crippen LogP contribution in [-0.4, -0.2) is 33.7 Å². The summed E-state index contributed by atoms with van der Waals surface area (Å²) in [5, 5.41) is 4.26. The van der Waals surface area contributed by atoms with Crippen molar-refractivity contribution in [2.24, 2.45) is 5.92 Å². The van der Waals surface area contributed by atoms with Gasteiger partial charge in [0.2, 0.25) is 5.91 Å². The van der Waals surface area contributed by atoms with E-state index in [0.717, 1.165) is 38.0 Å². The van der Waals surface area contributed by atoms with Gasteiger partial charge in [-0.25, -0.2) is 0 Å². The molecule has 0 aliphatic carbocycles. The Morgan fingerprint density at radius 3 is 2.57 bits per heavy atom. The Morgan fingerprint density at radius 1 is 1.14 bits per heavy atom. The minimum atomic E-state index is 0.249. The van der Waals surface area contributed by atoms with Gasteiger partial charge in [0.05, 0.1) is 6.42 Å². The Balaban J connectivity index is 1.48. The van der Waals surface area contributed by atoms with E-state index in [9.17, 15) is 4.79 Å². The number of rotatable bonds is 4. The number of hydrogen-bond acceptors (Lipinski definition) is 2. The summed E-state index contributed by atoms with van der Waals surface area (Å²) in [4.78, 5) is 14.3.